The average Bonchev–Trinajstić information content (AvgIpc) is 2.80. The first-order valence-corrected chi connectivity index (χ1v) is 12.8. The molecule has 0 saturated heterocycles. The molecule has 2 aliphatic carbocycles. The zero-order chi connectivity index (χ0) is 26.5. The topological polar surface area (TPSA) is 92.7 Å². The molecule has 0 fully saturated rings. The zero-order valence-corrected chi connectivity index (χ0v) is 21.8. The lowest BCUT2D eigenvalue weighted by Gasteiger charge is -2.44. The molecular weight excluding hydrogens is 466 g/mol. The van der Waals surface area contributed by atoms with E-state index in [-0.39, 0.29) is 40.3 Å². The van der Waals surface area contributed by atoms with Gasteiger partial charge in [0, 0.05) is 41.3 Å². The second-order valence-corrected chi connectivity index (χ2v) is 12.1. The van der Waals surface area contributed by atoms with Crippen molar-refractivity contribution in [3.05, 3.63) is 87.8 Å². The quantitative estimate of drug-likeness (QED) is 0.529. The molecule has 0 spiro atoms. The number of nitrogens with one attached hydrogen (secondary N) is 1. The van der Waals surface area contributed by atoms with E-state index in [4.69, 9.17) is 4.74 Å². The van der Waals surface area contributed by atoms with Crippen LogP contribution in [0.4, 0.5) is 0 Å². The molecule has 192 valence electrons. The molecule has 2 aromatic rings. The van der Waals surface area contributed by atoms with Gasteiger partial charge in [0.1, 0.15) is 17.9 Å². The minimum absolute atomic E-state index is 0.00853. The lowest BCUT2D eigenvalue weighted by atomic mass is 9.64. The van der Waals surface area contributed by atoms with Gasteiger partial charge in [-0.3, -0.25) is 9.59 Å². The van der Waals surface area contributed by atoms with Crippen LogP contribution in [-0.2, 0) is 16.2 Å². The van der Waals surface area contributed by atoms with Crippen molar-refractivity contribution in [1.29, 1.82) is 0 Å². The van der Waals surface area contributed by atoms with E-state index in [0.29, 0.717) is 42.4 Å². The second kappa shape index (κ2) is 9.02. The molecule has 6 nitrogen and oxygen atoms in total. The number of carbonyl (C=O) groups excluding carboxylic acids is 2. The lowest BCUT2D eigenvalue weighted by Crippen LogP contribution is -2.42. The molecule has 2 aromatic carbocycles. The fourth-order valence-electron chi connectivity index (χ4n) is 5.98. The normalized spacial score (nSPS) is 20.8. The zero-order valence-electron chi connectivity index (χ0n) is 21.8. The highest BCUT2D eigenvalue weighted by Crippen LogP contribution is 2.51. The maximum atomic E-state index is 13.5. The van der Waals surface area contributed by atoms with E-state index < -0.39 is 11.9 Å². The molecule has 2 N–H and O–H groups in total. The first-order chi connectivity index (χ1) is 17.4. The maximum Gasteiger partial charge on any atom is 0.339 e. The number of rotatable bonds is 5. The minimum atomic E-state index is -1.12. The Hall–Kier alpha value is -3.67. The average molecular weight is 500 g/mol. The van der Waals surface area contributed by atoms with E-state index in [1.54, 1.807) is 18.2 Å². The van der Waals surface area contributed by atoms with Crippen LogP contribution in [0.25, 0.3) is 0 Å². The number of aromatic carboxylic acids is 1. The Labute approximate surface area is 217 Å². The van der Waals surface area contributed by atoms with Gasteiger partial charge < -0.3 is 15.2 Å². The first-order valence-electron chi connectivity index (χ1n) is 12.8. The van der Waals surface area contributed by atoms with Crippen molar-refractivity contribution in [2.75, 3.05) is 0 Å². The van der Waals surface area contributed by atoms with Gasteiger partial charge in [0.2, 0.25) is 0 Å². The number of ether oxygens (including phenoxy) is 1. The Morgan fingerprint density at radius 3 is 2.00 bits per heavy atom. The van der Waals surface area contributed by atoms with Crippen LogP contribution in [0.2, 0.25) is 0 Å². The van der Waals surface area contributed by atoms with Crippen molar-refractivity contribution in [1.82, 2.24) is 5.32 Å². The Kier molecular flexibility index (Phi) is 6.09. The molecule has 5 rings (SSSR count). The van der Waals surface area contributed by atoms with Crippen molar-refractivity contribution in [2.24, 2.45) is 10.8 Å². The van der Waals surface area contributed by atoms with Gasteiger partial charge in [-0.05, 0) is 46.9 Å². The number of carbonyl (C=O) groups is 3. The van der Waals surface area contributed by atoms with Gasteiger partial charge in [0.25, 0.3) is 0 Å². The first kappa shape index (κ1) is 25.0. The molecule has 1 aliphatic heterocycles. The molecule has 0 saturated carbocycles. The van der Waals surface area contributed by atoms with E-state index >= 15 is 0 Å². The molecule has 3 aliphatic rings. The molecule has 0 radical (unpaired) electrons. The molecule has 0 atom stereocenters. The Morgan fingerprint density at radius 1 is 0.892 bits per heavy atom. The third-order valence-electron chi connectivity index (χ3n) is 7.52. The van der Waals surface area contributed by atoms with Crippen LogP contribution < -0.4 is 10.1 Å². The minimum Gasteiger partial charge on any atom is -0.488 e. The van der Waals surface area contributed by atoms with Crippen LogP contribution in [0, 0.1) is 10.8 Å². The van der Waals surface area contributed by atoms with Crippen molar-refractivity contribution >= 4 is 17.5 Å². The molecule has 0 aromatic heterocycles. The van der Waals surface area contributed by atoms with Crippen LogP contribution in [-0.4, -0.2) is 22.6 Å². The predicted octanol–water partition coefficient (Wildman–Crippen LogP) is 5.94. The third kappa shape index (κ3) is 4.85. The van der Waals surface area contributed by atoms with Gasteiger partial charge >= 0.3 is 5.97 Å². The SMILES string of the molecule is CC1(C)CC(=O)C2=C(C1)NC1=C(C(=O)CC(C)(C)C1)C2c1ccc(OCc2ccccc2)c(C(=O)O)c1. The summed E-state index contributed by atoms with van der Waals surface area (Å²) in [6, 6.07) is 14.6. The van der Waals surface area contributed by atoms with Crippen LogP contribution in [0.15, 0.2) is 71.1 Å². The number of dihydropyridines is 1. The van der Waals surface area contributed by atoms with Crippen LogP contribution >= 0.6 is 0 Å². The highest BCUT2D eigenvalue weighted by atomic mass is 16.5. The van der Waals surface area contributed by atoms with Gasteiger partial charge in [0.05, 0.1) is 0 Å². The van der Waals surface area contributed by atoms with Gasteiger partial charge in [-0.2, -0.15) is 0 Å². The summed E-state index contributed by atoms with van der Waals surface area (Å²) in [6.07, 6.45) is 2.16. The highest BCUT2D eigenvalue weighted by molar-refractivity contribution is 6.07. The summed E-state index contributed by atoms with van der Waals surface area (Å²) in [5.41, 5.74) is 4.10. The number of Topliss-reactive ketones (excluding diaryl/α,β-unsaturated/α-hetero) is 2. The van der Waals surface area contributed by atoms with Gasteiger partial charge in [0.15, 0.2) is 11.6 Å². The number of hydrogen-bond acceptors (Lipinski definition) is 5. The van der Waals surface area contributed by atoms with Gasteiger partial charge in [-0.15, -0.1) is 0 Å². The largest absolute Gasteiger partial charge is 0.488 e. The smallest absolute Gasteiger partial charge is 0.339 e. The molecule has 37 heavy (non-hydrogen) atoms. The maximum absolute atomic E-state index is 13.5. The molecular formula is C31H33NO5. The summed E-state index contributed by atoms with van der Waals surface area (Å²) in [6.45, 7) is 8.54. The standard InChI is InChI=1S/C31H33NO5/c1-30(2)13-21-27(23(33)15-30)26(28-22(32-21)14-31(3,4)16-24(28)34)19-10-11-25(20(12-19)29(35)36)37-17-18-8-6-5-7-9-18/h5-12,26,32H,13-17H2,1-4H3,(H,35,36). The monoisotopic (exact) mass is 499 g/mol. The van der Waals surface area contributed by atoms with E-state index in [2.05, 4.69) is 33.0 Å². The fourth-order valence-corrected chi connectivity index (χ4v) is 5.98. The number of carboxylic acids is 1. The van der Waals surface area contributed by atoms with E-state index in [1.807, 2.05) is 30.3 Å². The van der Waals surface area contributed by atoms with Crippen molar-refractivity contribution in [2.45, 2.75) is 65.9 Å². The fraction of sp³-hybridized carbons (Fsp3) is 0.387. The number of hydrogen-bond donors (Lipinski definition) is 2. The Balaban J connectivity index is 1.60. The van der Waals surface area contributed by atoms with Crippen molar-refractivity contribution in [3.63, 3.8) is 0 Å². The van der Waals surface area contributed by atoms with Gasteiger partial charge in [-0.1, -0.05) is 64.1 Å². The highest BCUT2D eigenvalue weighted by Gasteiger charge is 2.46. The summed E-state index contributed by atoms with van der Waals surface area (Å²) in [7, 11) is 0. The number of allylic oxidation sites excluding steroid dienone is 4. The number of carboxylic acid groups (broad SMARTS) is 1. The van der Waals surface area contributed by atoms with Crippen molar-refractivity contribution in [3.8, 4) is 5.75 Å². The summed E-state index contributed by atoms with van der Waals surface area (Å²) < 4.78 is 5.89. The summed E-state index contributed by atoms with van der Waals surface area (Å²) >= 11 is 0. The number of benzene rings is 2. The van der Waals surface area contributed by atoms with E-state index in [9.17, 15) is 19.5 Å². The predicted molar refractivity (Wildman–Crippen MR) is 140 cm³/mol. The van der Waals surface area contributed by atoms with Crippen LogP contribution in [0.1, 0.15) is 80.8 Å². The summed E-state index contributed by atoms with van der Waals surface area (Å²) in [4.78, 5) is 39.3. The van der Waals surface area contributed by atoms with Crippen LogP contribution in [0.3, 0.4) is 0 Å². The lowest BCUT2D eigenvalue weighted by molar-refractivity contribution is -0.119. The molecule has 0 bridgehead atoms. The molecule has 0 unspecified atom stereocenters. The molecule has 0 amide bonds. The molecule has 6 heteroatoms. The van der Waals surface area contributed by atoms with Gasteiger partial charge in [-0.25, -0.2) is 4.79 Å². The Morgan fingerprint density at radius 2 is 1.46 bits per heavy atom. The third-order valence-corrected chi connectivity index (χ3v) is 7.52. The van der Waals surface area contributed by atoms with Crippen LogP contribution in [0.5, 0.6) is 5.75 Å². The second-order valence-electron chi connectivity index (χ2n) is 12.1. The molecule has 1 heterocycles. The summed E-state index contributed by atoms with van der Waals surface area (Å²) in [5.74, 6) is -1.43. The van der Waals surface area contributed by atoms with E-state index in [1.165, 1.54) is 0 Å². The summed E-state index contributed by atoms with van der Waals surface area (Å²) in [5, 5.41) is 13.5. The van der Waals surface area contributed by atoms with E-state index in [0.717, 1.165) is 17.0 Å². The Bertz CT molecular complexity index is 1310. The number of ketones is 2. The van der Waals surface area contributed by atoms with Crippen molar-refractivity contribution < 1.29 is 24.2 Å².